The Morgan fingerprint density at radius 1 is 1.35 bits per heavy atom. The van der Waals surface area contributed by atoms with E-state index in [1.54, 1.807) is 6.20 Å². The summed E-state index contributed by atoms with van der Waals surface area (Å²) in [5.74, 6) is 1.75. The van der Waals surface area contributed by atoms with Crippen molar-refractivity contribution in [1.82, 2.24) is 19.3 Å². The normalized spacial score (nSPS) is 11.1. The Bertz CT molecular complexity index is 469. The molecule has 17 heavy (non-hydrogen) atoms. The SMILES string of the molecule is CCCNc1nccn1-c1ccn(C(C)C)n1. The van der Waals surface area contributed by atoms with Crippen LogP contribution in [0.3, 0.4) is 0 Å². The third-order valence-corrected chi connectivity index (χ3v) is 2.54. The van der Waals surface area contributed by atoms with E-state index < -0.39 is 0 Å². The Balaban J connectivity index is 2.23. The second kappa shape index (κ2) is 5.03. The summed E-state index contributed by atoms with van der Waals surface area (Å²) in [5, 5.41) is 7.80. The number of hydrogen-bond donors (Lipinski definition) is 1. The van der Waals surface area contributed by atoms with Crippen LogP contribution < -0.4 is 5.32 Å². The smallest absolute Gasteiger partial charge is 0.208 e. The minimum absolute atomic E-state index is 0.374. The van der Waals surface area contributed by atoms with Crippen LogP contribution in [0.5, 0.6) is 0 Å². The van der Waals surface area contributed by atoms with Crippen LogP contribution in [-0.4, -0.2) is 25.9 Å². The molecule has 0 aliphatic heterocycles. The molecule has 0 amide bonds. The van der Waals surface area contributed by atoms with E-state index in [0.29, 0.717) is 6.04 Å². The van der Waals surface area contributed by atoms with E-state index in [1.807, 2.05) is 27.7 Å². The number of anilines is 1. The number of imidazole rings is 1. The average molecular weight is 233 g/mol. The molecule has 0 aromatic carbocycles. The van der Waals surface area contributed by atoms with Crippen molar-refractivity contribution in [3.05, 3.63) is 24.7 Å². The highest BCUT2D eigenvalue weighted by molar-refractivity contribution is 5.36. The zero-order valence-corrected chi connectivity index (χ0v) is 10.6. The summed E-state index contributed by atoms with van der Waals surface area (Å²) >= 11 is 0. The first-order valence-electron chi connectivity index (χ1n) is 6.05. The molecule has 2 aromatic heterocycles. The zero-order chi connectivity index (χ0) is 12.3. The Hall–Kier alpha value is -1.78. The minimum Gasteiger partial charge on any atom is -0.355 e. The van der Waals surface area contributed by atoms with Gasteiger partial charge in [-0.25, -0.2) is 4.98 Å². The number of nitrogens with zero attached hydrogens (tertiary/aromatic N) is 4. The van der Waals surface area contributed by atoms with Crippen LogP contribution in [0.1, 0.15) is 33.2 Å². The van der Waals surface area contributed by atoms with Crippen LogP contribution in [0.4, 0.5) is 5.95 Å². The third-order valence-electron chi connectivity index (χ3n) is 2.54. The summed E-state index contributed by atoms with van der Waals surface area (Å²) in [6.45, 7) is 7.28. The van der Waals surface area contributed by atoms with Gasteiger partial charge in [0.05, 0.1) is 0 Å². The summed E-state index contributed by atoms with van der Waals surface area (Å²) in [6, 6.07) is 2.37. The zero-order valence-electron chi connectivity index (χ0n) is 10.6. The molecule has 0 atom stereocenters. The first-order valence-corrected chi connectivity index (χ1v) is 6.05. The molecular formula is C12H19N5. The minimum atomic E-state index is 0.374. The highest BCUT2D eigenvalue weighted by Gasteiger charge is 2.08. The molecule has 2 aromatic rings. The molecule has 5 heteroatoms. The van der Waals surface area contributed by atoms with Gasteiger partial charge in [-0.1, -0.05) is 6.92 Å². The topological polar surface area (TPSA) is 47.7 Å². The fraction of sp³-hybridized carbons (Fsp3) is 0.500. The van der Waals surface area contributed by atoms with Gasteiger partial charge in [-0.15, -0.1) is 0 Å². The highest BCUT2D eigenvalue weighted by atomic mass is 15.3. The van der Waals surface area contributed by atoms with Gasteiger partial charge in [0.25, 0.3) is 0 Å². The largest absolute Gasteiger partial charge is 0.355 e. The molecule has 2 rings (SSSR count). The molecule has 0 saturated heterocycles. The standard InChI is InChI=1S/C12H19N5/c1-4-6-13-12-14-7-9-16(12)11-5-8-17(15-11)10(2)3/h5,7-10H,4,6H2,1-3H3,(H,13,14). The van der Waals surface area contributed by atoms with Gasteiger partial charge < -0.3 is 5.32 Å². The number of hydrogen-bond acceptors (Lipinski definition) is 3. The first kappa shape index (κ1) is 11.7. The molecule has 0 unspecified atom stereocenters. The molecule has 0 bridgehead atoms. The predicted molar refractivity (Wildman–Crippen MR) is 68.5 cm³/mol. The summed E-state index contributed by atoms with van der Waals surface area (Å²) in [7, 11) is 0. The van der Waals surface area contributed by atoms with Gasteiger partial charge in [0.15, 0.2) is 5.82 Å². The lowest BCUT2D eigenvalue weighted by Gasteiger charge is -2.07. The maximum absolute atomic E-state index is 4.52. The molecule has 0 fully saturated rings. The monoisotopic (exact) mass is 233 g/mol. The van der Waals surface area contributed by atoms with E-state index in [0.717, 1.165) is 24.7 Å². The maximum Gasteiger partial charge on any atom is 0.208 e. The highest BCUT2D eigenvalue weighted by Crippen LogP contribution is 2.13. The number of rotatable bonds is 5. The van der Waals surface area contributed by atoms with Crippen molar-refractivity contribution in [3.8, 4) is 5.82 Å². The van der Waals surface area contributed by atoms with Crippen LogP contribution in [0, 0.1) is 0 Å². The Morgan fingerprint density at radius 3 is 2.82 bits per heavy atom. The Kier molecular flexibility index (Phi) is 3.46. The molecule has 92 valence electrons. The lowest BCUT2D eigenvalue weighted by atomic mass is 10.4. The van der Waals surface area contributed by atoms with Crippen LogP contribution in [-0.2, 0) is 0 Å². The Labute approximate surface area is 101 Å². The summed E-state index contributed by atoms with van der Waals surface area (Å²) < 4.78 is 3.91. The molecule has 0 spiro atoms. The van der Waals surface area contributed by atoms with Crippen molar-refractivity contribution in [2.24, 2.45) is 0 Å². The lowest BCUT2D eigenvalue weighted by molar-refractivity contribution is 0.530. The third kappa shape index (κ3) is 2.49. The molecule has 5 nitrogen and oxygen atoms in total. The summed E-state index contributed by atoms with van der Waals surface area (Å²) in [6.07, 6.45) is 6.77. The van der Waals surface area contributed by atoms with Crippen molar-refractivity contribution in [3.63, 3.8) is 0 Å². The molecule has 1 N–H and O–H groups in total. The second-order valence-electron chi connectivity index (χ2n) is 4.30. The molecule has 0 aliphatic carbocycles. The van der Waals surface area contributed by atoms with Crippen molar-refractivity contribution in [2.75, 3.05) is 11.9 Å². The molecule has 2 heterocycles. The van der Waals surface area contributed by atoms with Gasteiger partial charge in [-0.2, -0.15) is 5.10 Å². The number of nitrogens with one attached hydrogen (secondary N) is 1. The van der Waals surface area contributed by atoms with E-state index in [9.17, 15) is 0 Å². The second-order valence-corrected chi connectivity index (χ2v) is 4.30. The van der Waals surface area contributed by atoms with Gasteiger partial charge in [-0.05, 0) is 20.3 Å². The number of aromatic nitrogens is 4. The van der Waals surface area contributed by atoms with Crippen molar-refractivity contribution >= 4 is 5.95 Å². The van der Waals surface area contributed by atoms with E-state index in [-0.39, 0.29) is 0 Å². The van der Waals surface area contributed by atoms with Crippen LogP contribution in [0.2, 0.25) is 0 Å². The van der Waals surface area contributed by atoms with E-state index in [4.69, 9.17) is 0 Å². The Morgan fingerprint density at radius 2 is 2.18 bits per heavy atom. The lowest BCUT2D eigenvalue weighted by Crippen LogP contribution is -2.08. The van der Waals surface area contributed by atoms with Crippen molar-refractivity contribution in [1.29, 1.82) is 0 Å². The predicted octanol–water partition coefficient (Wildman–Crippen LogP) is 2.47. The first-order chi connectivity index (χ1) is 8.22. The summed E-state index contributed by atoms with van der Waals surface area (Å²) in [5.41, 5.74) is 0. The molecule has 0 aliphatic rings. The fourth-order valence-electron chi connectivity index (χ4n) is 1.60. The maximum atomic E-state index is 4.52. The molecule has 0 radical (unpaired) electrons. The quantitative estimate of drug-likeness (QED) is 0.863. The average Bonchev–Trinajstić information content (AvgIpc) is 2.94. The van der Waals surface area contributed by atoms with Gasteiger partial charge in [-0.3, -0.25) is 9.25 Å². The van der Waals surface area contributed by atoms with Gasteiger partial charge >= 0.3 is 0 Å². The van der Waals surface area contributed by atoms with Crippen molar-refractivity contribution in [2.45, 2.75) is 33.2 Å². The van der Waals surface area contributed by atoms with E-state index in [1.165, 1.54) is 0 Å². The van der Waals surface area contributed by atoms with Crippen LogP contribution in [0.25, 0.3) is 5.82 Å². The van der Waals surface area contributed by atoms with E-state index >= 15 is 0 Å². The van der Waals surface area contributed by atoms with Crippen LogP contribution >= 0.6 is 0 Å². The van der Waals surface area contributed by atoms with E-state index in [2.05, 4.69) is 36.2 Å². The van der Waals surface area contributed by atoms with Crippen molar-refractivity contribution < 1.29 is 0 Å². The van der Waals surface area contributed by atoms with Gasteiger partial charge in [0, 0.05) is 37.2 Å². The molecule has 0 saturated carbocycles. The van der Waals surface area contributed by atoms with Crippen LogP contribution in [0.15, 0.2) is 24.7 Å². The summed E-state index contributed by atoms with van der Waals surface area (Å²) in [4.78, 5) is 4.29. The molecular weight excluding hydrogens is 214 g/mol. The fourth-order valence-corrected chi connectivity index (χ4v) is 1.60. The van der Waals surface area contributed by atoms with Gasteiger partial charge in [0.1, 0.15) is 0 Å². The van der Waals surface area contributed by atoms with Gasteiger partial charge in [0.2, 0.25) is 5.95 Å².